The maximum absolute atomic E-state index is 13.0. The normalized spacial score (nSPS) is 20.6. The molecule has 1 saturated heterocycles. The molecular weight excluding hydrogens is 526 g/mol. The van der Waals surface area contributed by atoms with Gasteiger partial charge in [0.15, 0.2) is 15.1 Å². The smallest absolute Gasteiger partial charge is 0.376 e. The zero-order valence-electron chi connectivity index (χ0n) is 20.6. The van der Waals surface area contributed by atoms with Crippen LogP contribution in [0.2, 0.25) is 0 Å². The van der Waals surface area contributed by atoms with Crippen LogP contribution in [0, 0.1) is 6.92 Å². The highest BCUT2D eigenvalue weighted by molar-refractivity contribution is 7.92. The van der Waals surface area contributed by atoms with Crippen molar-refractivity contribution in [2.24, 2.45) is 0 Å². The second-order valence-corrected chi connectivity index (χ2v) is 12.4. The summed E-state index contributed by atoms with van der Waals surface area (Å²) in [6, 6.07) is 3.61. The van der Waals surface area contributed by atoms with Gasteiger partial charge < -0.3 is 16.0 Å². The summed E-state index contributed by atoms with van der Waals surface area (Å²) in [7, 11) is -4.45. The van der Waals surface area contributed by atoms with E-state index in [-0.39, 0.29) is 17.9 Å². The van der Waals surface area contributed by atoms with Crippen LogP contribution < -0.4 is 16.0 Å². The van der Waals surface area contributed by atoms with Gasteiger partial charge in [0.1, 0.15) is 12.2 Å². The number of carbonyl (C=O) groups excluding carboxylic acids is 1. The lowest BCUT2D eigenvalue weighted by Crippen LogP contribution is -2.58. The third-order valence-corrected chi connectivity index (χ3v) is 8.15. The average Bonchev–Trinajstić information content (AvgIpc) is 2.72. The number of alkyl halides is 6. The predicted octanol–water partition coefficient (Wildman–Crippen LogP) is 3.86. The zero-order chi connectivity index (χ0) is 28.0. The molecule has 0 spiro atoms. The first-order chi connectivity index (χ1) is 16.8. The Labute approximate surface area is 210 Å². The Morgan fingerprint density at radius 2 is 1.76 bits per heavy atom. The minimum Gasteiger partial charge on any atom is -0.376 e. The molecule has 3 N–H and O–H groups in total. The van der Waals surface area contributed by atoms with Gasteiger partial charge in [-0.1, -0.05) is 20.8 Å². The van der Waals surface area contributed by atoms with E-state index in [2.05, 4.69) is 20.9 Å². The van der Waals surface area contributed by atoms with E-state index in [0.29, 0.717) is 22.0 Å². The number of pyridine rings is 1. The van der Waals surface area contributed by atoms with E-state index < -0.39 is 63.6 Å². The van der Waals surface area contributed by atoms with Crippen molar-refractivity contribution in [2.45, 2.75) is 56.8 Å². The number of aryl methyl sites for hydroxylation is 1. The summed E-state index contributed by atoms with van der Waals surface area (Å²) in [6.45, 7) is 4.96. The van der Waals surface area contributed by atoms with E-state index >= 15 is 0 Å². The Balaban J connectivity index is 1.84. The highest BCUT2D eigenvalue weighted by Crippen LogP contribution is 2.34. The fourth-order valence-electron chi connectivity index (χ4n) is 4.10. The molecule has 1 aliphatic heterocycles. The van der Waals surface area contributed by atoms with Crippen molar-refractivity contribution in [2.75, 3.05) is 30.7 Å². The van der Waals surface area contributed by atoms with E-state index in [1.807, 2.05) is 20.8 Å². The number of hydrogen-bond donors (Lipinski definition) is 3. The van der Waals surface area contributed by atoms with Crippen molar-refractivity contribution in [3.05, 3.63) is 35.0 Å². The van der Waals surface area contributed by atoms with E-state index in [1.54, 1.807) is 13.0 Å². The number of rotatable bonds is 5. The molecular formula is C23H28F6N4O3S. The quantitative estimate of drug-likeness (QED) is 0.486. The summed E-state index contributed by atoms with van der Waals surface area (Å²) in [5.41, 5.74) is 1.28. The summed E-state index contributed by atoms with van der Waals surface area (Å²) in [5.74, 6) is -1.45. The molecule has 3 rings (SSSR count). The van der Waals surface area contributed by atoms with Crippen molar-refractivity contribution in [1.82, 2.24) is 15.6 Å². The molecule has 0 saturated carbocycles. The van der Waals surface area contributed by atoms with Gasteiger partial charge in [-0.25, -0.2) is 13.4 Å². The minimum absolute atomic E-state index is 0.0154. The second-order valence-electron chi connectivity index (χ2n) is 10.1. The van der Waals surface area contributed by atoms with E-state index in [9.17, 15) is 39.6 Å². The Morgan fingerprint density at radius 1 is 1.11 bits per heavy atom. The molecule has 1 aliphatic rings. The highest BCUT2D eigenvalue weighted by atomic mass is 32.2. The van der Waals surface area contributed by atoms with E-state index in [4.69, 9.17) is 0 Å². The molecule has 0 radical (unpaired) electrons. The number of nitrogens with one attached hydrogen (secondary N) is 3. The van der Waals surface area contributed by atoms with Gasteiger partial charge in [0.25, 0.3) is 5.91 Å². The fourth-order valence-corrected chi connectivity index (χ4v) is 5.88. The third kappa shape index (κ3) is 7.03. The summed E-state index contributed by atoms with van der Waals surface area (Å²) < 4.78 is 101. The van der Waals surface area contributed by atoms with Crippen molar-refractivity contribution in [1.29, 1.82) is 0 Å². The van der Waals surface area contributed by atoms with Crippen LogP contribution in [0.5, 0.6) is 0 Å². The van der Waals surface area contributed by atoms with E-state index in [1.165, 1.54) is 12.1 Å². The molecule has 37 heavy (non-hydrogen) atoms. The number of halogens is 6. The van der Waals surface area contributed by atoms with Crippen LogP contribution in [0.1, 0.15) is 42.4 Å². The Bertz CT molecular complexity index is 1290. The number of benzene rings is 1. The first-order valence-electron chi connectivity index (χ1n) is 11.3. The van der Waals surface area contributed by atoms with Crippen LogP contribution >= 0.6 is 0 Å². The number of sulfone groups is 1. The molecule has 14 heteroatoms. The van der Waals surface area contributed by atoms with Gasteiger partial charge >= 0.3 is 12.4 Å². The summed E-state index contributed by atoms with van der Waals surface area (Å²) in [4.78, 5) is 17.3. The lowest BCUT2D eigenvalue weighted by atomic mass is 9.84. The maximum atomic E-state index is 13.0. The Morgan fingerprint density at radius 3 is 2.30 bits per heavy atom. The molecule has 2 unspecified atom stereocenters. The summed E-state index contributed by atoms with van der Waals surface area (Å²) >= 11 is 0. The second kappa shape index (κ2) is 9.93. The lowest BCUT2D eigenvalue weighted by Gasteiger charge is -2.31. The van der Waals surface area contributed by atoms with Gasteiger partial charge in [0.2, 0.25) is 0 Å². The van der Waals surface area contributed by atoms with Crippen molar-refractivity contribution in [3.63, 3.8) is 0 Å². The van der Waals surface area contributed by atoms with Gasteiger partial charge in [0.05, 0.1) is 11.3 Å². The lowest BCUT2D eigenvalue weighted by molar-refractivity contribution is -0.130. The highest BCUT2D eigenvalue weighted by Gasteiger charge is 2.51. The number of amides is 1. The van der Waals surface area contributed by atoms with Crippen LogP contribution in [0.3, 0.4) is 0 Å². The summed E-state index contributed by atoms with van der Waals surface area (Å²) in [6.07, 6.45) is -9.30. The Hall–Kier alpha value is -2.61. The van der Waals surface area contributed by atoms with E-state index in [0.717, 1.165) is 0 Å². The number of aromatic nitrogens is 1. The topological polar surface area (TPSA) is 100 Å². The molecule has 7 nitrogen and oxygen atoms in total. The maximum Gasteiger partial charge on any atom is 0.406 e. The van der Waals surface area contributed by atoms with Gasteiger partial charge in [-0.15, -0.1) is 0 Å². The minimum atomic E-state index is -4.89. The standard InChI is InChI=1S/C23H28F6N4O3S/c1-12-5-17(20(34)31-8-14-10-37(35,36)18(9-30-14)23(27,28)29)33-19-15(12)6-13(32-11-22(24,25)26)7-16(19)21(2,3)4/h5-7,14,18,30,32H,8-11H2,1-4H3,(H,31,34). The van der Waals surface area contributed by atoms with Gasteiger partial charge in [0, 0.05) is 30.2 Å². The molecule has 0 bridgehead atoms. The molecule has 0 aliphatic carbocycles. The number of nitrogens with zero attached hydrogens (tertiary/aromatic N) is 1. The molecule has 1 aromatic heterocycles. The number of hydrogen-bond acceptors (Lipinski definition) is 6. The van der Waals surface area contributed by atoms with Crippen molar-refractivity contribution >= 4 is 32.3 Å². The molecule has 1 aromatic carbocycles. The van der Waals surface area contributed by atoms with Gasteiger partial charge in [-0.05, 0) is 41.7 Å². The van der Waals surface area contributed by atoms with Crippen LogP contribution in [-0.4, -0.2) is 68.3 Å². The van der Waals surface area contributed by atoms with Crippen LogP contribution in [0.25, 0.3) is 10.9 Å². The van der Waals surface area contributed by atoms with Gasteiger partial charge in [-0.2, -0.15) is 26.3 Å². The van der Waals surface area contributed by atoms with Gasteiger partial charge in [-0.3, -0.25) is 4.79 Å². The average molecular weight is 555 g/mol. The number of anilines is 1. The first-order valence-corrected chi connectivity index (χ1v) is 13.1. The predicted molar refractivity (Wildman–Crippen MR) is 127 cm³/mol. The molecule has 1 fully saturated rings. The third-order valence-electron chi connectivity index (χ3n) is 5.99. The van der Waals surface area contributed by atoms with Crippen LogP contribution in [0.4, 0.5) is 32.0 Å². The SMILES string of the molecule is Cc1cc(C(=O)NCC2CS(=O)(=O)C(C(F)(F)F)CN2)nc2c(C(C)(C)C)cc(NCC(F)(F)F)cc12. The molecule has 1 amide bonds. The monoisotopic (exact) mass is 554 g/mol. The zero-order valence-corrected chi connectivity index (χ0v) is 21.4. The molecule has 206 valence electrons. The Kier molecular flexibility index (Phi) is 7.77. The molecule has 2 atom stereocenters. The molecule has 2 heterocycles. The fraction of sp³-hybridized carbons (Fsp3) is 0.565. The summed E-state index contributed by atoms with van der Waals surface area (Å²) in [5, 5.41) is 5.45. The van der Waals surface area contributed by atoms with Crippen LogP contribution in [0.15, 0.2) is 18.2 Å². The first kappa shape index (κ1) is 29.0. The van der Waals surface area contributed by atoms with Crippen LogP contribution in [-0.2, 0) is 15.3 Å². The van der Waals surface area contributed by atoms with Crippen molar-refractivity contribution in [3.8, 4) is 0 Å². The number of fused-ring (bicyclic) bond motifs is 1. The molecule has 2 aromatic rings. The number of carbonyl (C=O) groups is 1. The largest absolute Gasteiger partial charge is 0.406 e. The van der Waals surface area contributed by atoms with Crippen molar-refractivity contribution < 1.29 is 39.6 Å².